The topological polar surface area (TPSA) is 0 Å². The molecule has 0 bridgehead atoms. The van der Waals surface area contributed by atoms with Crippen LogP contribution in [0.25, 0.3) is 0 Å². The molecule has 0 rings (SSSR count). The van der Waals surface area contributed by atoms with Gasteiger partial charge in [0.05, 0.1) is 0 Å². The van der Waals surface area contributed by atoms with Crippen LogP contribution in [0.5, 0.6) is 0 Å². The Morgan fingerprint density at radius 2 is 1.12 bits per heavy atom. The van der Waals surface area contributed by atoms with Crippen molar-refractivity contribution >= 4 is 15.9 Å². The number of hydrogen-bond acceptors (Lipinski definition) is 0. The van der Waals surface area contributed by atoms with Crippen LogP contribution in [0.1, 0.15) is 90.9 Å². The Morgan fingerprint density at radius 3 is 1.59 bits per heavy atom. The normalized spacial score (nSPS) is 12.9. The third kappa shape index (κ3) is 12.7. The molecule has 0 saturated carbocycles. The van der Waals surface area contributed by atoms with Crippen LogP contribution in [0.15, 0.2) is 0 Å². The molecule has 0 aliphatic carbocycles. The first kappa shape index (κ1) is 17.5. The smallest absolute Gasteiger partial charge is 0.00339 e. The average Bonchev–Trinajstić information content (AvgIpc) is 2.34. The molecule has 0 saturated heterocycles. The summed E-state index contributed by atoms with van der Waals surface area (Å²) in [6.07, 6.45) is 17.2. The van der Waals surface area contributed by atoms with Crippen LogP contribution in [0, 0.1) is 5.92 Å². The zero-order valence-electron chi connectivity index (χ0n) is 12.1. The standard InChI is InChI=1S/C16H33Br/c1-3-5-7-9-11-13-16(14-15-17)12-10-8-6-4-2/h16H,3-15H2,1-2H3. The van der Waals surface area contributed by atoms with Crippen molar-refractivity contribution in [2.24, 2.45) is 5.92 Å². The van der Waals surface area contributed by atoms with E-state index in [1.807, 2.05) is 0 Å². The van der Waals surface area contributed by atoms with E-state index in [1.54, 1.807) is 0 Å². The second-order valence-electron chi connectivity index (χ2n) is 5.40. The SMILES string of the molecule is CCCCCCCC(CCBr)CCCCCC. The maximum Gasteiger partial charge on any atom is 0.00339 e. The van der Waals surface area contributed by atoms with Gasteiger partial charge in [-0.05, 0) is 12.3 Å². The largest absolute Gasteiger partial charge is 0.0928 e. The predicted molar refractivity (Wildman–Crippen MR) is 84.0 cm³/mol. The van der Waals surface area contributed by atoms with Crippen LogP contribution < -0.4 is 0 Å². The van der Waals surface area contributed by atoms with Gasteiger partial charge in [0, 0.05) is 5.33 Å². The first-order valence-electron chi connectivity index (χ1n) is 7.91. The number of halogens is 1. The molecule has 104 valence electrons. The van der Waals surface area contributed by atoms with Crippen molar-refractivity contribution < 1.29 is 0 Å². The molecule has 0 aromatic rings. The Morgan fingerprint density at radius 1 is 0.647 bits per heavy atom. The highest BCUT2D eigenvalue weighted by atomic mass is 79.9. The van der Waals surface area contributed by atoms with Gasteiger partial charge in [-0.25, -0.2) is 0 Å². The zero-order valence-corrected chi connectivity index (χ0v) is 13.7. The minimum atomic E-state index is 0.993. The monoisotopic (exact) mass is 304 g/mol. The van der Waals surface area contributed by atoms with Gasteiger partial charge >= 0.3 is 0 Å². The molecule has 1 atom stereocenters. The third-order valence-corrected chi connectivity index (χ3v) is 4.16. The summed E-state index contributed by atoms with van der Waals surface area (Å²) < 4.78 is 0. The summed E-state index contributed by atoms with van der Waals surface area (Å²) in [4.78, 5) is 0. The van der Waals surface area contributed by atoms with Crippen LogP contribution in [-0.4, -0.2) is 5.33 Å². The van der Waals surface area contributed by atoms with Gasteiger partial charge in [-0.2, -0.15) is 0 Å². The van der Waals surface area contributed by atoms with Gasteiger partial charge < -0.3 is 0 Å². The first-order valence-corrected chi connectivity index (χ1v) is 9.03. The summed E-state index contributed by atoms with van der Waals surface area (Å²) in [6, 6.07) is 0. The molecule has 17 heavy (non-hydrogen) atoms. The highest BCUT2D eigenvalue weighted by Crippen LogP contribution is 2.22. The fourth-order valence-corrected chi connectivity index (χ4v) is 3.13. The van der Waals surface area contributed by atoms with E-state index >= 15 is 0 Å². The highest BCUT2D eigenvalue weighted by molar-refractivity contribution is 9.09. The van der Waals surface area contributed by atoms with E-state index in [4.69, 9.17) is 0 Å². The molecular weight excluding hydrogens is 272 g/mol. The fourth-order valence-electron chi connectivity index (χ4n) is 2.48. The molecule has 1 heteroatoms. The molecule has 0 heterocycles. The molecule has 0 amide bonds. The highest BCUT2D eigenvalue weighted by Gasteiger charge is 2.07. The molecular formula is C16H33Br. The van der Waals surface area contributed by atoms with Gasteiger partial charge in [0.25, 0.3) is 0 Å². The van der Waals surface area contributed by atoms with Crippen LogP contribution in [0.2, 0.25) is 0 Å². The van der Waals surface area contributed by atoms with E-state index in [-0.39, 0.29) is 0 Å². The van der Waals surface area contributed by atoms with Gasteiger partial charge in [0.15, 0.2) is 0 Å². The molecule has 0 spiro atoms. The first-order chi connectivity index (χ1) is 8.35. The molecule has 0 aromatic heterocycles. The summed E-state index contributed by atoms with van der Waals surface area (Å²) >= 11 is 3.61. The fraction of sp³-hybridized carbons (Fsp3) is 1.00. The second kappa shape index (κ2) is 14.5. The Hall–Kier alpha value is 0.480. The maximum atomic E-state index is 3.61. The molecule has 0 radical (unpaired) electrons. The van der Waals surface area contributed by atoms with Crippen molar-refractivity contribution in [3.8, 4) is 0 Å². The second-order valence-corrected chi connectivity index (χ2v) is 6.19. The van der Waals surface area contributed by atoms with Crippen LogP contribution >= 0.6 is 15.9 Å². The molecule has 0 aliphatic rings. The summed E-state index contributed by atoms with van der Waals surface area (Å²) in [6.45, 7) is 4.59. The zero-order chi connectivity index (χ0) is 12.8. The van der Waals surface area contributed by atoms with Crippen LogP contribution in [0.3, 0.4) is 0 Å². The lowest BCUT2D eigenvalue weighted by atomic mass is 9.92. The Labute approximate surface area is 118 Å². The van der Waals surface area contributed by atoms with Crippen LogP contribution in [-0.2, 0) is 0 Å². The van der Waals surface area contributed by atoms with E-state index in [0.29, 0.717) is 0 Å². The lowest BCUT2D eigenvalue weighted by Crippen LogP contribution is -2.02. The summed E-state index contributed by atoms with van der Waals surface area (Å²) in [7, 11) is 0. The van der Waals surface area contributed by atoms with Crippen molar-refractivity contribution in [2.75, 3.05) is 5.33 Å². The minimum Gasteiger partial charge on any atom is -0.0928 e. The number of unbranched alkanes of at least 4 members (excludes halogenated alkanes) is 7. The predicted octanol–water partition coefficient (Wildman–Crippen LogP) is 6.72. The summed E-state index contributed by atoms with van der Waals surface area (Å²) in [5.74, 6) is 0.993. The van der Waals surface area contributed by atoms with E-state index in [0.717, 1.165) is 5.92 Å². The maximum absolute atomic E-state index is 3.61. The van der Waals surface area contributed by atoms with Gasteiger partial charge in [0.1, 0.15) is 0 Å². The van der Waals surface area contributed by atoms with Gasteiger partial charge in [0.2, 0.25) is 0 Å². The Bertz CT molecular complexity index is 133. The third-order valence-electron chi connectivity index (χ3n) is 3.70. The molecule has 0 nitrogen and oxygen atoms in total. The quantitative estimate of drug-likeness (QED) is 0.262. The average molecular weight is 305 g/mol. The lowest BCUT2D eigenvalue weighted by Gasteiger charge is -2.15. The van der Waals surface area contributed by atoms with E-state index in [2.05, 4.69) is 29.8 Å². The lowest BCUT2D eigenvalue weighted by molar-refractivity contribution is 0.397. The van der Waals surface area contributed by atoms with Crippen LogP contribution in [0.4, 0.5) is 0 Å². The number of rotatable bonds is 13. The van der Waals surface area contributed by atoms with Crippen molar-refractivity contribution in [2.45, 2.75) is 90.9 Å². The molecule has 1 unspecified atom stereocenters. The Balaban J connectivity index is 3.45. The van der Waals surface area contributed by atoms with Gasteiger partial charge in [-0.15, -0.1) is 0 Å². The Kier molecular flexibility index (Phi) is 15.0. The van der Waals surface area contributed by atoms with Gasteiger partial charge in [-0.3, -0.25) is 0 Å². The summed E-state index contributed by atoms with van der Waals surface area (Å²) in [5.41, 5.74) is 0. The van der Waals surface area contributed by atoms with E-state index in [9.17, 15) is 0 Å². The minimum absolute atomic E-state index is 0.993. The molecule has 0 aromatic carbocycles. The van der Waals surface area contributed by atoms with Crippen molar-refractivity contribution in [3.63, 3.8) is 0 Å². The molecule has 0 aliphatic heterocycles. The van der Waals surface area contributed by atoms with E-state index in [1.165, 1.54) is 82.4 Å². The van der Waals surface area contributed by atoms with Crippen molar-refractivity contribution in [1.82, 2.24) is 0 Å². The molecule has 0 fully saturated rings. The van der Waals surface area contributed by atoms with Crippen molar-refractivity contribution in [1.29, 1.82) is 0 Å². The number of hydrogen-bond donors (Lipinski definition) is 0. The molecule has 0 N–H and O–H groups in total. The van der Waals surface area contributed by atoms with Crippen molar-refractivity contribution in [3.05, 3.63) is 0 Å². The van der Waals surface area contributed by atoms with Gasteiger partial charge in [-0.1, -0.05) is 100 Å². The van der Waals surface area contributed by atoms with E-state index < -0.39 is 0 Å². The summed E-state index contributed by atoms with van der Waals surface area (Å²) in [5, 5.41) is 1.19. The number of alkyl halides is 1.